The van der Waals surface area contributed by atoms with Crippen LogP contribution in [0.25, 0.3) is 0 Å². The summed E-state index contributed by atoms with van der Waals surface area (Å²) < 4.78 is 16.6. The Morgan fingerprint density at radius 1 is 1.06 bits per heavy atom. The lowest BCUT2D eigenvalue weighted by molar-refractivity contribution is -0.165. The van der Waals surface area contributed by atoms with Gasteiger partial charge in [-0.15, -0.1) is 0 Å². The summed E-state index contributed by atoms with van der Waals surface area (Å²) in [5, 5.41) is 11.8. The predicted octanol–water partition coefficient (Wildman–Crippen LogP) is 4.54. The molecule has 0 saturated heterocycles. The topological polar surface area (TPSA) is 111 Å². The number of nitrogens with one attached hydrogen (secondary N) is 1. The van der Waals surface area contributed by atoms with Crippen LogP contribution in [0.15, 0.2) is 48.5 Å². The second-order valence-corrected chi connectivity index (χ2v) is 8.07. The molecule has 2 N–H and O–H groups in total. The fourth-order valence-electron chi connectivity index (χ4n) is 2.80. The van der Waals surface area contributed by atoms with Crippen molar-refractivity contribution in [2.24, 2.45) is 5.92 Å². The number of carbonyl (C=O) groups excluding carboxylic acids is 2. The van der Waals surface area contributed by atoms with Gasteiger partial charge in [-0.2, -0.15) is 0 Å². The lowest BCUT2D eigenvalue weighted by atomic mass is 10.1. The zero-order valence-electron chi connectivity index (χ0n) is 18.0. The molecule has 1 unspecified atom stereocenters. The second kappa shape index (κ2) is 12.3. The van der Waals surface area contributed by atoms with Gasteiger partial charge in [0.1, 0.15) is 18.4 Å². The SMILES string of the molecule is CC(OC(=O)[C@@H](NC(=O)OCc1ccccc1)C(C)C)Oc1ccc(C(=O)O)c(CI)c1. The van der Waals surface area contributed by atoms with Crippen LogP contribution in [0.1, 0.15) is 42.3 Å². The Morgan fingerprint density at radius 2 is 1.75 bits per heavy atom. The molecule has 0 aromatic heterocycles. The second-order valence-electron chi connectivity index (χ2n) is 7.31. The molecule has 0 saturated carbocycles. The Bertz CT molecular complexity index is 933. The maximum Gasteiger partial charge on any atom is 0.408 e. The highest BCUT2D eigenvalue weighted by atomic mass is 127. The molecule has 0 aliphatic carbocycles. The van der Waals surface area contributed by atoms with E-state index < -0.39 is 30.4 Å². The third-order valence-electron chi connectivity index (χ3n) is 4.44. The van der Waals surface area contributed by atoms with E-state index in [2.05, 4.69) is 27.9 Å². The summed E-state index contributed by atoms with van der Waals surface area (Å²) in [4.78, 5) is 36.0. The van der Waals surface area contributed by atoms with Crippen molar-refractivity contribution >= 4 is 40.6 Å². The average Bonchev–Trinajstić information content (AvgIpc) is 2.76. The smallest absolute Gasteiger partial charge is 0.408 e. The molecule has 32 heavy (non-hydrogen) atoms. The Hall–Kier alpha value is -2.82. The maximum atomic E-state index is 12.6. The van der Waals surface area contributed by atoms with Crippen molar-refractivity contribution in [3.8, 4) is 5.75 Å². The fourth-order valence-corrected chi connectivity index (χ4v) is 3.44. The van der Waals surface area contributed by atoms with Gasteiger partial charge in [-0.05, 0) is 35.2 Å². The molecular formula is C23H26INO7. The molecule has 2 aromatic rings. The minimum absolute atomic E-state index is 0.0809. The van der Waals surface area contributed by atoms with E-state index >= 15 is 0 Å². The zero-order valence-corrected chi connectivity index (χ0v) is 20.2. The number of ether oxygens (including phenoxy) is 3. The number of esters is 1. The van der Waals surface area contributed by atoms with Gasteiger partial charge in [0.15, 0.2) is 0 Å². The third-order valence-corrected chi connectivity index (χ3v) is 5.26. The Kier molecular flexibility index (Phi) is 9.76. The predicted molar refractivity (Wildman–Crippen MR) is 126 cm³/mol. The molecule has 9 heteroatoms. The van der Waals surface area contributed by atoms with E-state index in [0.29, 0.717) is 15.7 Å². The number of carboxylic acids is 1. The fraction of sp³-hybridized carbons (Fsp3) is 0.348. The molecule has 0 aliphatic rings. The van der Waals surface area contributed by atoms with Gasteiger partial charge in [-0.25, -0.2) is 14.4 Å². The van der Waals surface area contributed by atoms with Crippen LogP contribution in [0.5, 0.6) is 5.75 Å². The van der Waals surface area contributed by atoms with Gasteiger partial charge in [0.05, 0.1) is 5.56 Å². The van der Waals surface area contributed by atoms with Crippen molar-refractivity contribution in [1.82, 2.24) is 5.32 Å². The Labute approximate surface area is 200 Å². The van der Waals surface area contributed by atoms with Crippen LogP contribution < -0.4 is 10.1 Å². The first-order valence-electron chi connectivity index (χ1n) is 9.97. The molecule has 0 heterocycles. The summed E-state index contributed by atoms with van der Waals surface area (Å²) in [6, 6.07) is 12.8. The number of hydrogen-bond acceptors (Lipinski definition) is 6. The van der Waals surface area contributed by atoms with Gasteiger partial charge in [0, 0.05) is 11.4 Å². The molecule has 2 atom stereocenters. The highest BCUT2D eigenvalue weighted by Gasteiger charge is 2.28. The monoisotopic (exact) mass is 555 g/mol. The van der Waals surface area contributed by atoms with Crippen LogP contribution in [0.3, 0.4) is 0 Å². The third kappa shape index (κ3) is 7.70. The van der Waals surface area contributed by atoms with E-state index in [0.717, 1.165) is 5.56 Å². The van der Waals surface area contributed by atoms with Gasteiger partial charge >= 0.3 is 18.0 Å². The number of rotatable bonds is 10. The summed E-state index contributed by atoms with van der Waals surface area (Å²) in [7, 11) is 0. The molecule has 0 bridgehead atoms. The first kappa shape index (κ1) is 25.4. The van der Waals surface area contributed by atoms with E-state index in [-0.39, 0.29) is 18.1 Å². The standard InChI is InChI=1S/C23H26INO7/c1-14(2)20(25-23(29)30-13-16-7-5-4-6-8-16)22(28)32-15(3)31-18-9-10-19(21(26)27)17(11-18)12-24/h4-11,14-15,20H,12-13H2,1-3H3,(H,25,29)(H,26,27)/t15?,20-/m0/s1. The van der Waals surface area contributed by atoms with Gasteiger partial charge < -0.3 is 24.6 Å². The summed E-state index contributed by atoms with van der Waals surface area (Å²) in [6.07, 6.45) is -1.68. The summed E-state index contributed by atoms with van der Waals surface area (Å²) >= 11 is 2.06. The highest BCUT2D eigenvalue weighted by molar-refractivity contribution is 14.1. The van der Waals surface area contributed by atoms with Gasteiger partial charge in [0.25, 0.3) is 0 Å². The molecule has 0 spiro atoms. The van der Waals surface area contributed by atoms with Crippen LogP contribution in [-0.2, 0) is 25.3 Å². The number of halogens is 1. The van der Waals surface area contributed by atoms with E-state index in [1.807, 2.05) is 30.3 Å². The van der Waals surface area contributed by atoms with Crippen molar-refractivity contribution in [3.05, 3.63) is 65.2 Å². The molecule has 0 radical (unpaired) electrons. The number of benzene rings is 2. The minimum atomic E-state index is -1.02. The Morgan fingerprint density at radius 3 is 2.34 bits per heavy atom. The van der Waals surface area contributed by atoms with Crippen molar-refractivity contribution in [1.29, 1.82) is 0 Å². The normalized spacial score (nSPS) is 12.5. The van der Waals surface area contributed by atoms with Crippen LogP contribution in [-0.4, -0.2) is 35.5 Å². The first-order valence-corrected chi connectivity index (χ1v) is 11.5. The van der Waals surface area contributed by atoms with E-state index in [1.165, 1.54) is 19.1 Å². The quantitative estimate of drug-likeness (QED) is 0.192. The lowest BCUT2D eigenvalue weighted by Gasteiger charge is -2.23. The summed E-state index contributed by atoms with van der Waals surface area (Å²) in [5.41, 5.74) is 1.61. The summed E-state index contributed by atoms with van der Waals surface area (Å²) in [5.74, 6) is -1.56. The number of hydrogen-bond donors (Lipinski definition) is 2. The Balaban J connectivity index is 1.93. The number of alkyl halides is 1. The zero-order chi connectivity index (χ0) is 23.7. The van der Waals surface area contributed by atoms with Crippen LogP contribution in [0.2, 0.25) is 0 Å². The number of alkyl carbamates (subject to hydrolysis) is 1. The van der Waals surface area contributed by atoms with E-state index in [9.17, 15) is 19.5 Å². The van der Waals surface area contributed by atoms with Crippen LogP contribution in [0, 0.1) is 5.92 Å². The molecule has 0 aliphatic heterocycles. The molecule has 172 valence electrons. The van der Waals surface area contributed by atoms with Crippen LogP contribution >= 0.6 is 22.6 Å². The number of carboxylic acid groups (broad SMARTS) is 1. The maximum absolute atomic E-state index is 12.6. The molecule has 1 amide bonds. The molecular weight excluding hydrogens is 529 g/mol. The van der Waals surface area contributed by atoms with Crippen LogP contribution in [0.4, 0.5) is 4.79 Å². The van der Waals surface area contributed by atoms with E-state index in [1.54, 1.807) is 19.9 Å². The van der Waals surface area contributed by atoms with E-state index in [4.69, 9.17) is 14.2 Å². The van der Waals surface area contributed by atoms with Crippen molar-refractivity contribution in [2.45, 2.75) is 44.1 Å². The van der Waals surface area contributed by atoms with Crippen molar-refractivity contribution in [2.75, 3.05) is 0 Å². The average molecular weight is 555 g/mol. The van der Waals surface area contributed by atoms with Crippen molar-refractivity contribution in [3.63, 3.8) is 0 Å². The molecule has 2 aromatic carbocycles. The first-order chi connectivity index (χ1) is 15.2. The summed E-state index contributed by atoms with van der Waals surface area (Å²) in [6.45, 7) is 5.16. The number of carbonyl (C=O) groups is 3. The largest absolute Gasteiger partial charge is 0.478 e. The van der Waals surface area contributed by atoms with Gasteiger partial charge in [-0.3, -0.25) is 0 Å². The molecule has 8 nitrogen and oxygen atoms in total. The molecule has 0 fully saturated rings. The number of amides is 1. The highest BCUT2D eigenvalue weighted by Crippen LogP contribution is 2.22. The van der Waals surface area contributed by atoms with Crippen molar-refractivity contribution < 1.29 is 33.7 Å². The minimum Gasteiger partial charge on any atom is -0.478 e. The molecule has 2 rings (SSSR count). The number of aromatic carboxylic acids is 1. The van der Waals surface area contributed by atoms with Gasteiger partial charge in [0.2, 0.25) is 6.29 Å². The lowest BCUT2D eigenvalue weighted by Crippen LogP contribution is -2.46. The van der Waals surface area contributed by atoms with Gasteiger partial charge in [-0.1, -0.05) is 66.8 Å².